The van der Waals surface area contributed by atoms with E-state index in [0.717, 1.165) is 5.69 Å². The van der Waals surface area contributed by atoms with Gasteiger partial charge in [0.2, 0.25) is 0 Å². The van der Waals surface area contributed by atoms with Crippen molar-refractivity contribution in [3.05, 3.63) is 28.0 Å². The number of aromatic nitrogens is 1. The maximum Gasteiger partial charge on any atom is 0.165 e. The molecule has 0 bridgehead atoms. The molecule has 0 saturated heterocycles. The second kappa shape index (κ2) is 3.81. The van der Waals surface area contributed by atoms with Crippen molar-refractivity contribution in [3.8, 4) is 0 Å². The fourth-order valence-corrected chi connectivity index (χ4v) is 2.01. The molecule has 3 heteroatoms. The van der Waals surface area contributed by atoms with Gasteiger partial charge in [-0.15, -0.1) is 0 Å². The normalized spacial score (nSPS) is 15.6. The number of carbonyl (C=O) groups is 1. The molecular formula is C11H12BrNO. The van der Waals surface area contributed by atoms with Gasteiger partial charge in [0.05, 0.1) is 5.56 Å². The number of pyridine rings is 1. The second-order valence-electron chi connectivity index (χ2n) is 3.63. The van der Waals surface area contributed by atoms with Gasteiger partial charge in [0.25, 0.3) is 0 Å². The first kappa shape index (κ1) is 9.84. The van der Waals surface area contributed by atoms with E-state index in [1.165, 1.54) is 12.8 Å². The van der Waals surface area contributed by atoms with E-state index in [1.807, 2.05) is 19.1 Å². The van der Waals surface area contributed by atoms with Crippen LogP contribution in [0.25, 0.3) is 0 Å². The average Bonchev–Trinajstić information content (AvgIpc) is 3.00. The Balaban J connectivity index is 2.30. The molecule has 0 aliphatic heterocycles. The second-order valence-corrected chi connectivity index (χ2v) is 4.38. The molecule has 1 saturated carbocycles. The van der Waals surface area contributed by atoms with Gasteiger partial charge in [0.15, 0.2) is 5.78 Å². The van der Waals surface area contributed by atoms with Crippen LogP contribution in [-0.2, 0) is 0 Å². The summed E-state index contributed by atoms with van der Waals surface area (Å²) in [6.45, 7) is 1.86. The summed E-state index contributed by atoms with van der Waals surface area (Å²) in [7, 11) is 0. The molecule has 1 aliphatic rings. The van der Waals surface area contributed by atoms with Crippen molar-refractivity contribution >= 4 is 21.7 Å². The van der Waals surface area contributed by atoms with Crippen LogP contribution in [0.4, 0.5) is 0 Å². The number of halogens is 1. The van der Waals surface area contributed by atoms with E-state index in [1.54, 1.807) is 0 Å². The van der Waals surface area contributed by atoms with Crippen LogP contribution in [0.5, 0.6) is 0 Å². The van der Waals surface area contributed by atoms with E-state index in [9.17, 15) is 4.79 Å². The standard InChI is InChI=1S/C11H12BrNO/c1-2-10(14)8-5-6-9(7-3-4-7)13-11(8)12/h5-7H,2-4H2,1H3. The van der Waals surface area contributed by atoms with E-state index in [4.69, 9.17) is 0 Å². The number of Topliss-reactive ketones (excluding diaryl/α,β-unsaturated/α-hetero) is 1. The number of carbonyl (C=O) groups excluding carboxylic acids is 1. The Bertz CT molecular complexity index is 372. The molecule has 0 amide bonds. The summed E-state index contributed by atoms with van der Waals surface area (Å²) >= 11 is 3.35. The van der Waals surface area contributed by atoms with E-state index >= 15 is 0 Å². The highest BCUT2D eigenvalue weighted by atomic mass is 79.9. The third-order valence-electron chi connectivity index (χ3n) is 2.49. The largest absolute Gasteiger partial charge is 0.294 e. The summed E-state index contributed by atoms with van der Waals surface area (Å²) in [6.07, 6.45) is 3.00. The molecule has 0 atom stereocenters. The first-order valence-corrected chi connectivity index (χ1v) is 5.71. The minimum Gasteiger partial charge on any atom is -0.294 e. The SMILES string of the molecule is CCC(=O)c1ccc(C2CC2)nc1Br. The van der Waals surface area contributed by atoms with Crippen LogP contribution in [0.1, 0.15) is 48.2 Å². The van der Waals surface area contributed by atoms with Gasteiger partial charge in [-0.25, -0.2) is 4.98 Å². The van der Waals surface area contributed by atoms with Crippen molar-refractivity contribution in [1.82, 2.24) is 4.98 Å². The number of hydrogen-bond donors (Lipinski definition) is 0. The zero-order chi connectivity index (χ0) is 10.1. The van der Waals surface area contributed by atoms with Gasteiger partial charge >= 0.3 is 0 Å². The van der Waals surface area contributed by atoms with E-state index in [2.05, 4.69) is 20.9 Å². The predicted molar refractivity (Wildman–Crippen MR) is 58.5 cm³/mol. The smallest absolute Gasteiger partial charge is 0.165 e. The fraction of sp³-hybridized carbons (Fsp3) is 0.455. The van der Waals surface area contributed by atoms with Crippen molar-refractivity contribution in [1.29, 1.82) is 0 Å². The minimum atomic E-state index is 0.145. The van der Waals surface area contributed by atoms with Crippen molar-refractivity contribution in [3.63, 3.8) is 0 Å². The molecule has 14 heavy (non-hydrogen) atoms. The number of ketones is 1. The van der Waals surface area contributed by atoms with Gasteiger partial charge in [-0.05, 0) is 40.9 Å². The first-order valence-electron chi connectivity index (χ1n) is 4.92. The Hall–Kier alpha value is -0.700. The van der Waals surface area contributed by atoms with Gasteiger partial charge in [-0.2, -0.15) is 0 Å². The molecule has 1 aromatic rings. The quantitative estimate of drug-likeness (QED) is 0.611. The Kier molecular flexibility index (Phi) is 2.68. The molecule has 1 aromatic heterocycles. The summed E-state index contributed by atoms with van der Waals surface area (Å²) in [6, 6.07) is 3.86. The molecule has 0 N–H and O–H groups in total. The zero-order valence-electron chi connectivity index (χ0n) is 8.09. The fourth-order valence-electron chi connectivity index (χ4n) is 1.45. The van der Waals surface area contributed by atoms with E-state index in [0.29, 0.717) is 22.5 Å². The van der Waals surface area contributed by atoms with Crippen LogP contribution in [0.15, 0.2) is 16.7 Å². The lowest BCUT2D eigenvalue weighted by Gasteiger charge is -2.03. The van der Waals surface area contributed by atoms with Gasteiger partial charge in [-0.1, -0.05) is 6.92 Å². The summed E-state index contributed by atoms with van der Waals surface area (Å²) in [5, 5.41) is 0. The Morgan fingerprint density at radius 1 is 1.57 bits per heavy atom. The summed E-state index contributed by atoms with van der Waals surface area (Å²) < 4.78 is 0.703. The van der Waals surface area contributed by atoms with Crippen molar-refractivity contribution in [2.75, 3.05) is 0 Å². The maximum atomic E-state index is 11.5. The molecule has 0 unspecified atom stereocenters. The molecule has 1 fully saturated rings. The lowest BCUT2D eigenvalue weighted by Crippen LogP contribution is -2.00. The molecular weight excluding hydrogens is 242 g/mol. The molecule has 1 heterocycles. The molecule has 2 nitrogen and oxygen atoms in total. The number of nitrogens with zero attached hydrogens (tertiary/aromatic N) is 1. The average molecular weight is 254 g/mol. The van der Waals surface area contributed by atoms with Crippen LogP contribution in [0, 0.1) is 0 Å². The minimum absolute atomic E-state index is 0.145. The van der Waals surface area contributed by atoms with Gasteiger partial charge in [-0.3, -0.25) is 4.79 Å². The third kappa shape index (κ3) is 1.87. The highest BCUT2D eigenvalue weighted by Crippen LogP contribution is 2.39. The molecule has 0 aromatic carbocycles. The number of hydrogen-bond acceptors (Lipinski definition) is 2. The van der Waals surface area contributed by atoms with Gasteiger partial charge < -0.3 is 0 Å². The third-order valence-corrected chi connectivity index (χ3v) is 3.09. The van der Waals surface area contributed by atoms with Crippen molar-refractivity contribution in [2.24, 2.45) is 0 Å². The lowest BCUT2D eigenvalue weighted by molar-refractivity contribution is 0.0987. The van der Waals surface area contributed by atoms with Crippen molar-refractivity contribution < 1.29 is 4.79 Å². The van der Waals surface area contributed by atoms with Crippen LogP contribution in [0.2, 0.25) is 0 Å². The van der Waals surface area contributed by atoms with Gasteiger partial charge in [0, 0.05) is 18.0 Å². The van der Waals surface area contributed by atoms with Crippen molar-refractivity contribution in [2.45, 2.75) is 32.1 Å². The number of rotatable bonds is 3. The monoisotopic (exact) mass is 253 g/mol. The molecule has 2 rings (SSSR count). The summed E-state index contributed by atoms with van der Waals surface area (Å²) in [5.41, 5.74) is 1.82. The maximum absolute atomic E-state index is 11.5. The predicted octanol–water partition coefficient (Wildman–Crippen LogP) is 3.31. The highest BCUT2D eigenvalue weighted by molar-refractivity contribution is 9.10. The lowest BCUT2D eigenvalue weighted by atomic mass is 10.1. The molecule has 1 aliphatic carbocycles. The van der Waals surface area contributed by atoms with Gasteiger partial charge in [0.1, 0.15) is 4.60 Å². The molecule has 0 spiro atoms. The van der Waals surface area contributed by atoms with Crippen LogP contribution in [-0.4, -0.2) is 10.8 Å². The summed E-state index contributed by atoms with van der Waals surface area (Å²) in [5.74, 6) is 0.781. The molecule has 0 radical (unpaired) electrons. The zero-order valence-corrected chi connectivity index (χ0v) is 9.67. The van der Waals surface area contributed by atoms with E-state index in [-0.39, 0.29) is 5.78 Å². The molecule has 74 valence electrons. The topological polar surface area (TPSA) is 30.0 Å². The Morgan fingerprint density at radius 3 is 2.79 bits per heavy atom. The first-order chi connectivity index (χ1) is 6.72. The Morgan fingerprint density at radius 2 is 2.29 bits per heavy atom. The highest BCUT2D eigenvalue weighted by Gasteiger charge is 2.25. The van der Waals surface area contributed by atoms with E-state index < -0.39 is 0 Å². The Labute approximate surface area is 91.9 Å². The van der Waals surface area contributed by atoms with Crippen LogP contribution in [0.3, 0.4) is 0 Å². The summed E-state index contributed by atoms with van der Waals surface area (Å²) in [4.78, 5) is 15.9. The van der Waals surface area contributed by atoms with Crippen LogP contribution >= 0.6 is 15.9 Å². The van der Waals surface area contributed by atoms with Crippen LogP contribution < -0.4 is 0 Å².